The van der Waals surface area contributed by atoms with Crippen molar-refractivity contribution in [1.29, 1.82) is 0 Å². The molecule has 0 radical (unpaired) electrons. The summed E-state index contributed by atoms with van der Waals surface area (Å²) in [5.41, 5.74) is 4.59. The highest BCUT2D eigenvalue weighted by atomic mass is 35.5. The third-order valence-electron chi connectivity index (χ3n) is 8.35. The van der Waals surface area contributed by atoms with Gasteiger partial charge in [0.2, 0.25) is 0 Å². The molecule has 41 heavy (non-hydrogen) atoms. The average Bonchev–Trinajstić information content (AvgIpc) is 3.27. The van der Waals surface area contributed by atoms with Crippen molar-refractivity contribution in [3.8, 4) is 17.3 Å². The maximum Gasteiger partial charge on any atom is 0.418 e. The standard InChI is InChI=1S/C29H31ClF4N6O/c1-17-11-23(35)37-25(24(17)29(32,33)34)19-13-22-20(12-21(19)30)26(39-8-4-2-3-5-9-39)38-27(36-22)41-16-28-7-6-10-40(28)15-18(31)14-28/h2-3,11-13,18H,4-10,14-16H2,1H3,(H2,35,37). The maximum atomic E-state index is 14.3. The highest BCUT2D eigenvalue weighted by molar-refractivity contribution is 6.34. The molecule has 1 aromatic carbocycles. The molecule has 2 aromatic heterocycles. The van der Waals surface area contributed by atoms with Crippen LogP contribution in [0.25, 0.3) is 22.2 Å². The van der Waals surface area contributed by atoms with Crippen LogP contribution in [0, 0.1) is 6.92 Å². The van der Waals surface area contributed by atoms with Crippen LogP contribution in [0.15, 0.2) is 30.4 Å². The van der Waals surface area contributed by atoms with Gasteiger partial charge in [-0.05, 0) is 62.9 Å². The van der Waals surface area contributed by atoms with Crippen LogP contribution >= 0.6 is 11.6 Å². The molecule has 0 spiro atoms. The van der Waals surface area contributed by atoms with E-state index in [0.29, 0.717) is 42.8 Å². The predicted octanol–water partition coefficient (Wildman–Crippen LogP) is 6.37. The lowest BCUT2D eigenvalue weighted by Gasteiger charge is -2.31. The Morgan fingerprint density at radius 1 is 1.10 bits per heavy atom. The van der Waals surface area contributed by atoms with Gasteiger partial charge < -0.3 is 15.4 Å². The van der Waals surface area contributed by atoms with Gasteiger partial charge in [0, 0.05) is 37.0 Å². The molecule has 3 aliphatic rings. The summed E-state index contributed by atoms with van der Waals surface area (Å²) in [5.74, 6) is 0.541. The first-order chi connectivity index (χ1) is 19.5. The molecule has 0 aliphatic carbocycles. The van der Waals surface area contributed by atoms with Crippen LogP contribution in [0.1, 0.15) is 43.2 Å². The molecule has 2 fully saturated rings. The van der Waals surface area contributed by atoms with Crippen LogP contribution in [0.5, 0.6) is 6.01 Å². The molecule has 12 heteroatoms. The number of nitrogens with zero attached hydrogens (tertiary/aromatic N) is 5. The fourth-order valence-corrected chi connectivity index (χ4v) is 6.77. The molecule has 0 amide bonds. The molecule has 218 valence electrons. The average molecular weight is 591 g/mol. The van der Waals surface area contributed by atoms with E-state index in [1.54, 1.807) is 6.07 Å². The van der Waals surface area contributed by atoms with Crippen LogP contribution < -0.4 is 15.4 Å². The monoisotopic (exact) mass is 590 g/mol. The predicted molar refractivity (Wildman–Crippen MR) is 151 cm³/mol. The number of ether oxygens (including phenoxy) is 1. The van der Waals surface area contributed by atoms with Gasteiger partial charge in [-0.2, -0.15) is 23.1 Å². The van der Waals surface area contributed by atoms with Gasteiger partial charge in [-0.25, -0.2) is 9.37 Å². The molecule has 5 heterocycles. The van der Waals surface area contributed by atoms with E-state index in [-0.39, 0.29) is 40.3 Å². The molecule has 7 nitrogen and oxygen atoms in total. The van der Waals surface area contributed by atoms with Crippen LogP contribution in [-0.2, 0) is 6.18 Å². The normalized spacial score (nSPS) is 23.3. The first-order valence-corrected chi connectivity index (χ1v) is 14.2. The van der Waals surface area contributed by atoms with Crippen molar-refractivity contribution in [2.24, 2.45) is 0 Å². The summed E-state index contributed by atoms with van der Waals surface area (Å²) in [5, 5.41) is 0.667. The van der Waals surface area contributed by atoms with E-state index in [2.05, 4.69) is 31.9 Å². The number of aryl methyl sites for hydroxylation is 1. The first-order valence-electron chi connectivity index (χ1n) is 13.8. The molecule has 3 aromatic rings. The number of pyridine rings is 1. The second-order valence-corrected chi connectivity index (χ2v) is 11.6. The number of hydrogen-bond donors (Lipinski definition) is 1. The molecular formula is C29H31ClF4N6O. The number of aromatic nitrogens is 3. The highest BCUT2D eigenvalue weighted by Crippen LogP contribution is 2.44. The van der Waals surface area contributed by atoms with Crippen molar-refractivity contribution in [2.75, 3.05) is 43.4 Å². The minimum atomic E-state index is -4.68. The number of alkyl halides is 4. The molecule has 2 saturated heterocycles. The fraction of sp³-hybridized carbons (Fsp3) is 0.483. The van der Waals surface area contributed by atoms with E-state index in [4.69, 9.17) is 27.1 Å². The van der Waals surface area contributed by atoms with Gasteiger partial charge in [0.15, 0.2) is 0 Å². The van der Waals surface area contributed by atoms with Gasteiger partial charge in [-0.15, -0.1) is 0 Å². The quantitative estimate of drug-likeness (QED) is 0.273. The van der Waals surface area contributed by atoms with Crippen molar-refractivity contribution in [2.45, 2.75) is 56.9 Å². The van der Waals surface area contributed by atoms with E-state index in [1.165, 1.54) is 19.1 Å². The van der Waals surface area contributed by atoms with Crippen molar-refractivity contribution in [3.05, 3.63) is 46.5 Å². The Balaban J connectivity index is 1.47. The van der Waals surface area contributed by atoms with Crippen molar-refractivity contribution < 1.29 is 22.3 Å². The van der Waals surface area contributed by atoms with Crippen molar-refractivity contribution in [3.63, 3.8) is 0 Å². The summed E-state index contributed by atoms with van der Waals surface area (Å²) in [7, 11) is 0. The van der Waals surface area contributed by atoms with Gasteiger partial charge in [0.05, 0.1) is 27.3 Å². The zero-order valence-electron chi connectivity index (χ0n) is 22.6. The van der Waals surface area contributed by atoms with E-state index in [0.717, 1.165) is 32.2 Å². The Bertz CT molecular complexity index is 1510. The SMILES string of the molecule is Cc1cc(N)nc(-c2cc3nc(OCC45CCCN4CC(F)C5)nc(N4CCC=CCC4)c3cc2Cl)c1C(F)(F)F. The van der Waals surface area contributed by atoms with Gasteiger partial charge in [-0.1, -0.05) is 23.8 Å². The Morgan fingerprint density at radius 3 is 2.59 bits per heavy atom. The molecule has 6 rings (SSSR count). The van der Waals surface area contributed by atoms with Gasteiger partial charge in [-0.3, -0.25) is 4.90 Å². The van der Waals surface area contributed by atoms with E-state index in [1.807, 2.05) is 0 Å². The second-order valence-electron chi connectivity index (χ2n) is 11.2. The van der Waals surface area contributed by atoms with Gasteiger partial charge in [0.25, 0.3) is 0 Å². The molecule has 2 N–H and O–H groups in total. The number of benzene rings is 1. The molecule has 2 unspecified atom stereocenters. The maximum absolute atomic E-state index is 14.3. The molecule has 0 bridgehead atoms. The molecule has 3 aliphatic heterocycles. The number of nitrogens with two attached hydrogens (primary N) is 1. The number of fused-ring (bicyclic) bond motifs is 2. The molecule has 0 saturated carbocycles. The molecular weight excluding hydrogens is 560 g/mol. The number of nitrogen functional groups attached to an aromatic ring is 1. The Labute approximate surface area is 240 Å². The second kappa shape index (κ2) is 10.6. The first kappa shape index (κ1) is 28.0. The zero-order valence-corrected chi connectivity index (χ0v) is 23.4. The van der Waals surface area contributed by atoms with Crippen LogP contribution in [0.2, 0.25) is 5.02 Å². The van der Waals surface area contributed by atoms with Gasteiger partial charge >= 0.3 is 12.2 Å². The lowest BCUT2D eigenvalue weighted by molar-refractivity contribution is -0.137. The lowest BCUT2D eigenvalue weighted by atomic mass is 9.95. The molecule has 2 atom stereocenters. The lowest BCUT2D eigenvalue weighted by Crippen LogP contribution is -2.43. The summed E-state index contributed by atoms with van der Waals surface area (Å²) >= 11 is 6.66. The van der Waals surface area contributed by atoms with Crippen LogP contribution in [0.4, 0.5) is 29.2 Å². The summed E-state index contributed by atoms with van der Waals surface area (Å²) in [6, 6.07) is 4.37. The topological polar surface area (TPSA) is 80.4 Å². The number of hydrogen-bond acceptors (Lipinski definition) is 7. The Kier molecular flexibility index (Phi) is 7.22. The van der Waals surface area contributed by atoms with Crippen molar-refractivity contribution >= 4 is 34.1 Å². The largest absolute Gasteiger partial charge is 0.461 e. The minimum Gasteiger partial charge on any atom is -0.461 e. The third kappa shape index (κ3) is 5.30. The zero-order chi connectivity index (χ0) is 28.9. The summed E-state index contributed by atoms with van der Waals surface area (Å²) in [6.07, 6.45) is 2.45. The van der Waals surface area contributed by atoms with Gasteiger partial charge in [0.1, 0.15) is 24.4 Å². The summed E-state index contributed by atoms with van der Waals surface area (Å²) < 4.78 is 63.0. The van der Waals surface area contributed by atoms with E-state index < -0.39 is 23.5 Å². The smallest absolute Gasteiger partial charge is 0.418 e. The van der Waals surface area contributed by atoms with E-state index >= 15 is 0 Å². The number of rotatable bonds is 5. The summed E-state index contributed by atoms with van der Waals surface area (Å²) in [6.45, 7) is 4.17. The minimum absolute atomic E-state index is 0.0470. The van der Waals surface area contributed by atoms with E-state index in [9.17, 15) is 17.6 Å². The number of anilines is 2. The summed E-state index contributed by atoms with van der Waals surface area (Å²) in [4.78, 5) is 17.7. The van der Waals surface area contributed by atoms with Crippen LogP contribution in [-0.4, -0.2) is 64.3 Å². The fourth-order valence-electron chi connectivity index (χ4n) is 6.52. The highest BCUT2D eigenvalue weighted by Gasteiger charge is 2.49. The third-order valence-corrected chi connectivity index (χ3v) is 8.66. The van der Waals surface area contributed by atoms with Crippen LogP contribution in [0.3, 0.4) is 0 Å². The van der Waals surface area contributed by atoms with Crippen molar-refractivity contribution in [1.82, 2.24) is 19.9 Å². The number of halogens is 5. The Morgan fingerprint density at radius 2 is 1.85 bits per heavy atom. The Hall–Kier alpha value is -3.18.